The molecule has 0 N–H and O–H groups in total. The molecule has 10 aromatic rings. The van der Waals surface area contributed by atoms with Crippen molar-refractivity contribution in [3.63, 3.8) is 0 Å². The topological polar surface area (TPSA) is 46.8 Å². The molecule has 3 aromatic heterocycles. The molecule has 2 unspecified atom stereocenters. The smallest absolute Gasteiger partial charge is 0.234 e. The second-order valence-corrected chi connectivity index (χ2v) is 16.1. The van der Waals surface area contributed by atoms with E-state index in [2.05, 4.69) is 216 Å². The molecule has 4 heterocycles. The van der Waals surface area contributed by atoms with Crippen LogP contribution in [0.3, 0.4) is 0 Å². The highest BCUT2D eigenvalue weighted by atomic mass is 15.2. The summed E-state index contributed by atoms with van der Waals surface area (Å²) in [4.78, 5) is 17.7. The zero-order valence-electron chi connectivity index (χ0n) is 33.8. The SMILES string of the molecule is C1=CC2C(C=C1c1ccc3c(c1)c1ccccc1n3-c1ncc(-c3ccc(-c4ccccc4)cc3)cn1)c1ccccc1N2c1cc(-c2ccccc2)cc(-c2ccccc2)n1. The molecule has 1 aliphatic carbocycles. The molecule has 1 aliphatic heterocycles. The molecule has 0 radical (unpaired) electrons. The summed E-state index contributed by atoms with van der Waals surface area (Å²) in [5.74, 6) is 1.74. The Morgan fingerprint density at radius 3 is 1.76 bits per heavy atom. The lowest BCUT2D eigenvalue weighted by Crippen LogP contribution is -2.29. The van der Waals surface area contributed by atoms with Gasteiger partial charge in [-0.1, -0.05) is 176 Å². The van der Waals surface area contributed by atoms with Gasteiger partial charge in [-0.25, -0.2) is 15.0 Å². The van der Waals surface area contributed by atoms with Crippen LogP contribution in [0, 0.1) is 0 Å². The molecule has 0 spiro atoms. The van der Waals surface area contributed by atoms with E-state index in [0.717, 1.165) is 44.8 Å². The molecule has 0 fully saturated rings. The lowest BCUT2D eigenvalue weighted by atomic mass is 9.86. The van der Waals surface area contributed by atoms with E-state index in [0.29, 0.717) is 5.95 Å². The fourth-order valence-corrected chi connectivity index (χ4v) is 9.44. The summed E-state index contributed by atoms with van der Waals surface area (Å²) in [6.07, 6.45) is 11.0. The fraction of sp³-hybridized carbons (Fsp3) is 0.0351. The molecular formula is C57H39N5. The number of aromatic nitrogens is 4. The highest BCUT2D eigenvalue weighted by molar-refractivity contribution is 6.10. The van der Waals surface area contributed by atoms with Crippen molar-refractivity contribution in [2.75, 3.05) is 4.90 Å². The summed E-state index contributed by atoms with van der Waals surface area (Å²) in [6, 6.07) is 68.9. The van der Waals surface area contributed by atoms with Crippen molar-refractivity contribution in [1.29, 1.82) is 0 Å². The molecule has 0 saturated carbocycles. The van der Waals surface area contributed by atoms with Gasteiger partial charge in [-0.2, -0.15) is 0 Å². The molecule has 292 valence electrons. The van der Waals surface area contributed by atoms with Gasteiger partial charge in [0.2, 0.25) is 5.95 Å². The van der Waals surface area contributed by atoms with E-state index in [-0.39, 0.29) is 12.0 Å². The molecule has 0 saturated heterocycles. The minimum atomic E-state index is 0.0749. The van der Waals surface area contributed by atoms with Crippen LogP contribution in [0.25, 0.3) is 78.0 Å². The number of hydrogen-bond acceptors (Lipinski definition) is 4. The highest BCUT2D eigenvalue weighted by Gasteiger charge is 2.39. The van der Waals surface area contributed by atoms with E-state index >= 15 is 0 Å². The summed E-state index contributed by atoms with van der Waals surface area (Å²) < 4.78 is 2.18. The van der Waals surface area contributed by atoms with Crippen LogP contribution in [-0.4, -0.2) is 25.6 Å². The van der Waals surface area contributed by atoms with Crippen molar-refractivity contribution in [3.05, 3.63) is 236 Å². The van der Waals surface area contributed by atoms with Crippen LogP contribution >= 0.6 is 0 Å². The quantitative estimate of drug-likeness (QED) is 0.161. The molecule has 0 amide bonds. The first kappa shape index (κ1) is 35.8. The third-order valence-electron chi connectivity index (χ3n) is 12.5. The Kier molecular flexibility index (Phi) is 8.56. The van der Waals surface area contributed by atoms with Crippen molar-refractivity contribution in [2.24, 2.45) is 0 Å². The van der Waals surface area contributed by atoms with E-state index in [4.69, 9.17) is 15.0 Å². The second kappa shape index (κ2) is 14.8. The molecule has 0 bridgehead atoms. The first-order valence-corrected chi connectivity index (χ1v) is 21.2. The fourth-order valence-electron chi connectivity index (χ4n) is 9.44. The van der Waals surface area contributed by atoms with Crippen LogP contribution in [0.15, 0.2) is 225 Å². The monoisotopic (exact) mass is 793 g/mol. The van der Waals surface area contributed by atoms with Gasteiger partial charge >= 0.3 is 0 Å². The number of para-hydroxylation sites is 2. The molecular weight excluding hydrogens is 755 g/mol. The molecule has 2 atom stereocenters. The largest absolute Gasteiger partial charge is 0.318 e. The van der Waals surface area contributed by atoms with E-state index < -0.39 is 0 Å². The maximum atomic E-state index is 5.36. The zero-order valence-corrected chi connectivity index (χ0v) is 33.8. The first-order chi connectivity index (χ1) is 30.7. The number of nitrogens with zero attached hydrogens (tertiary/aromatic N) is 5. The van der Waals surface area contributed by atoms with E-state index in [1.807, 2.05) is 18.5 Å². The Hall–Kier alpha value is -8.15. The molecule has 7 aromatic carbocycles. The van der Waals surface area contributed by atoms with E-state index in [1.165, 1.54) is 49.9 Å². The van der Waals surface area contributed by atoms with Gasteiger partial charge in [-0.05, 0) is 80.9 Å². The van der Waals surface area contributed by atoms with Gasteiger partial charge in [-0.3, -0.25) is 4.57 Å². The van der Waals surface area contributed by atoms with Gasteiger partial charge in [0.1, 0.15) is 5.82 Å². The summed E-state index contributed by atoms with van der Waals surface area (Å²) >= 11 is 0. The Balaban J connectivity index is 0.894. The van der Waals surface area contributed by atoms with Gasteiger partial charge in [0.05, 0.1) is 22.8 Å². The van der Waals surface area contributed by atoms with Gasteiger partial charge in [0.15, 0.2) is 0 Å². The zero-order chi connectivity index (χ0) is 41.0. The van der Waals surface area contributed by atoms with Crippen molar-refractivity contribution < 1.29 is 0 Å². The normalized spacial score (nSPS) is 15.4. The van der Waals surface area contributed by atoms with Crippen LogP contribution in [0.2, 0.25) is 0 Å². The van der Waals surface area contributed by atoms with E-state index in [9.17, 15) is 0 Å². The van der Waals surface area contributed by atoms with Crippen molar-refractivity contribution in [1.82, 2.24) is 19.5 Å². The Labute approximate surface area is 360 Å². The number of anilines is 2. The van der Waals surface area contributed by atoms with Crippen LogP contribution < -0.4 is 4.90 Å². The van der Waals surface area contributed by atoms with Crippen LogP contribution in [0.5, 0.6) is 0 Å². The molecule has 62 heavy (non-hydrogen) atoms. The third-order valence-corrected chi connectivity index (χ3v) is 12.5. The maximum absolute atomic E-state index is 5.36. The number of benzene rings is 7. The van der Waals surface area contributed by atoms with Crippen LogP contribution in [-0.2, 0) is 0 Å². The van der Waals surface area contributed by atoms with Crippen LogP contribution in [0.4, 0.5) is 11.5 Å². The number of rotatable bonds is 7. The number of hydrogen-bond donors (Lipinski definition) is 0. The molecule has 5 heteroatoms. The summed E-state index contributed by atoms with van der Waals surface area (Å²) in [5.41, 5.74) is 15.9. The van der Waals surface area contributed by atoms with Gasteiger partial charge in [0.25, 0.3) is 0 Å². The first-order valence-electron chi connectivity index (χ1n) is 21.2. The maximum Gasteiger partial charge on any atom is 0.234 e. The third kappa shape index (κ3) is 6.13. The average Bonchev–Trinajstić information content (AvgIpc) is 3.87. The van der Waals surface area contributed by atoms with Gasteiger partial charge in [-0.15, -0.1) is 0 Å². The summed E-state index contributed by atoms with van der Waals surface area (Å²) in [5, 5.41) is 2.34. The Bertz CT molecular complexity index is 3280. The van der Waals surface area contributed by atoms with E-state index in [1.54, 1.807) is 0 Å². The molecule has 5 nitrogen and oxygen atoms in total. The Morgan fingerprint density at radius 1 is 0.435 bits per heavy atom. The lowest BCUT2D eigenvalue weighted by molar-refractivity contribution is 0.741. The molecule has 2 aliphatic rings. The van der Waals surface area contributed by atoms with Gasteiger partial charge in [0, 0.05) is 45.9 Å². The predicted octanol–water partition coefficient (Wildman–Crippen LogP) is 13.9. The van der Waals surface area contributed by atoms with Crippen molar-refractivity contribution in [2.45, 2.75) is 12.0 Å². The standard InChI is InChI=1S/C57H39N5/c1-4-14-38(15-5-1)40-24-26-41(27-25-40)46-36-58-57(59-37-46)62-53-23-13-11-21-48(53)50-33-44(29-31-55(50)62)43-28-30-54-49(32-43)47-20-10-12-22-52(47)61(54)56-35-45(39-16-6-2-7-17-39)34-51(60-56)42-18-8-3-9-19-42/h1-37,49,54H. The Morgan fingerprint density at radius 2 is 1.02 bits per heavy atom. The summed E-state index contributed by atoms with van der Waals surface area (Å²) in [7, 11) is 0. The number of pyridine rings is 1. The number of allylic oxidation sites excluding steroid dienone is 2. The minimum absolute atomic E-state index is 0.0749. The minimum Gasteiger partial charge on any atom is -0.318 e. The molecule has 12 rings (SSSR count). The van der Waals surface area contributed by atoms with Gasteiger partial charge < -0.3 is 4.90 Å². The lowest BCUT2D eigenvalue weighted by Gasteiger charge is -2.29. The number of fused-ring (bicyclic) bond motifs is 6. The average molecular weight is 794 g/mol. The predicted molar refractivity (Wildman–Crippen MR) is 255 cm³/mol. The second-order valence-electron chi connectivity index (χ2n) is 16.1. The van der Waals surface area contributed by atoms with Crippen molar-refractivity contribution in [3.8, 4) is 50.6 Å². The summed E-state index contributed by atoms with van der Waals surface area (Å²) in [6.45, 7) is 0. The van der Waals surface area contributed by atoms with Crippen LogP contribution in [0.1, 0.15) is 17.0 Å². The van der Waals surface area contributed by atoms with Crippen molar-refractivity contribution >= 4 is 38.9 Å². The highest BCUT2D eigenvalue weighted by Crippen LogP contribution is 2.50.